The van der Waals surface area contributed by atoms with Crippen molar-refractivity contribution in [2.75, 3.05) is 6.61 Å². The van der Waals surface area contributed by atoms with Crippen molar-refractivity contribution in [1.29, 1.82) is 0 Å². The third-order valence-corrected chi connectivity index (χ3v) is 6.18. The molecule has 6 nitrogen and oxygen atoms in total. The van der Waals surface area contributed by atoms with Crippen molar-refractivity contribution in [1.82, 2.24) is 4.98 Å². The van der Waals surface area contributed by atoms with Crippen LogP contribution in [0.4, 0.5) is 4.39 Å². The number of halogens is 1. The standard InChI is InChI=1S/C26H24FNO5S/c1-17-21(28-24(32-17)23-8-5-15-34-23)13-14-31-19-11-9-18(10-12-19)16-26(2,25(29)30)33-22-7-4-3-6-20(22)27/h3-12,15H,13-14,16H2,1-2H3,(H,29,30). The number of para-hydroxylation sites is 1. The van der Waals surface area contributed by atoms with Crippen LogP contribution < -0.4 is 9.47 Å². The number of oxazole rings is 1. The Morgan fingerprint density at radius 3 is 2.59 bits per heavy atom. The molecule has 0 bridgehead atoms. The average molecular weight is 482 g/mol. The monoisotopic (exact) mass is 481 g/mol. The normalized spacial score (nSPS) is 12.8. The van der Waals surface area contributed by atoms with Gasteiger partial charge in [-0.25, -0.2) is 14.2 Å². The van der Waals surface area contributed by atoms with Gasteiger partial charge in [-0.2, -0.15) is 0 Å². The molecule has 0 aliphatic heterocycles. The first-order valence-corrected chi connectivity index (χ1v) is 11.6. The fourth-order valence-electron chi connectivity index (χ4n) is 3.45. The summed E-state index contributed by atoms with van der Waals surface area (Å²) in [6, 6.07) is 16.8. The van der Waals surface area contributed by atoms with E-state index in [1.54, 1.807) is 41.7 Å². The molecular weight excluding hydrogens is 457 g/mol. The summed E-state index contributed by atoms with van der Waals surface area (Å²) in [5.74, 6) is 0.147. The highest BCUT2D eigenvalue weighted by Crippen LogP contribution is 2.27. The summed E-state index contributed by atoms with van der Waals surface area (Å²) in [4.78, 5) is 17.5. The lowest BCUT2D eigenvalue weighted by Gasteiger charge is -2.26. The van der Waals surface area contributed by atoms with Crippen LogP contribution in [-0.2, 0) is 17.6 Å². The molecule has 0 amide bonds. The van der Waals surface area contributed by atoms with E-state index in [2.05, 4.69) is 4.98 Å². The number of rotatable bonds is 10. The zero-order valence-corrected chi connectivity index (χ0v) is 19.6. The minimum Gasteiger partial charge on any atom is -0.493 e. The van der Waals surface area contributed by atoms with Crippen LogP contribution in [0.2, 0.25) is 0 Å². The van der Waals surface area contributed by atoms with E-state index in [0.29, 0.717) is 24.7 Å². The van der Waals surface area contributed by atoms with E-state index in [1.165, 1.54) is 25.1 Å². The number of carboxylic acids is 1. The molecule has 1 atom stereocenters. The molecule has 0 aliphatic rings. The number of hydrogen-bond donors (Lipinski definition) is 1. The van der Waals surface area contributed by atoms with E-state index in [4.69, 9.17) is 13.9 Å². The molecule has 2 heterocycles. The average Bonchev–Trinajstić information content (AvgIpc) is 3.47. The van der Waals surface area contributed by atoms with E-state index >= 15 is 0 Å². The molecule has 2 aromatic carbocycles. The Labute approximate surface area is 200 Å². The summed E-state index contributed by atoms with van der Waals surface area (Å²) >= 11 is 1.57. The van der Waals surface area contributed by atoms with Crippen LogP contribution in [0.5, 0.6) is 11.5 Å². The minimum atomic E-state index is -1.63. The van der Waals surface area contributed by atoms with Crippen molar-refractivity contribution in [3.8, 4) is 22.3 Å². The van der Waals surface area contributed by atoms with E-state index in [1.807, 2.05) is 24.4 Å². The number of hydrogen-bond acceptors (Lipinski definition) is 6. The van der Waals surface area contributed by atoms with Gasteiger partial charge in [0.05, 0.1) is 17.2 Å². The van der Waals surface area contributed by atoms with Gasteiger partial charge in [0.1, 0.15) is 11.5 Å². The third-order valence-electron chi connectivity index (χ3n) is 5.32. The lowest BCUT2D eigenvalue weighted by Crippen LogP contribution is -2.43. The van der Waals surface area contributed by atoms with E-state index in [9.17, 15) is 14.3 Å². The fourth-order valence-corrected chi connectivity index (χ4v) is 4.10. The predicted octanol–water partition coefficient (Wildman–Crippen LogP) is 5.94. The zero-order chi connectivity index (χ0) is 24.1. The van der Waals surface area contributed by atoms with Gasteiger partial charge in [-0.1, -0.05) is 30.3 Å². The summed E-state index contributed by atoms with van der Waals surface area (Å²) in [6.45, 7) is 3.73. The Balaban J connectivity index is 1.35. The molecule has 8 heteroatoms. The SMILES string of the molecule is Cc1oc(-c2cccs2)nc1CCOc1ccc(CC(C)(Oc2ccccc2F)C(=O)O)cc1. The summed E-state index contributed by atoms with van der Waals surface area (Å²) in [5, 5.41) is 11.7. The van der Waals surface area contributed by atoms with Gasteiger partial charge in [-0.05, 0) is 55.1 Å². The van der Waals surface area contributed by atoms with Gasteiger partial charge < -0.3 is 19.0 Å². The molecule has 34 heavy (non-hydrogen) atoms. The first-order chi connectivity index (χ1) is 16.3. The molecule has 0 radical (unpaired) electrons. The van der Waals surface area contributed by atoms with E-state index in [-0.39, 0.29) is 12.2 Å². The Kier molecular flexibility index (Phi) is 6.98. The Morgan fingerprint density at radius 1 is 1.15 bits per heavy atom. The second kappa shape index (κ2) is 10.1. The highest BCUT2D eigenvalue weighted by Gasteiger charge is 2.36. The van der Waals surface area contributed by atoms with Crippen LogP contribution in [0.3, 0.4) is 0 Å². The molecule has 0 saturated heterocycles. The Bertz CT molecular complexity index is 1250. The Hall–Kier alpha value is -3.65. The van der Waals surface area contributed by atoms with Crippen molar-refractivity contribution in [2.45, 2.75) is 32.3 Å². The topological polar surface area (TPSA) is 81.8 Å². The Morgan fingerprint density at radius 2 is 1.91 bits per heavy atom. The maximum Gasteiger partial charge on any atom is 0.348 e. The van der Waals surface area contributed by atoms with Crippen molar-refractivity contribution in [3.63, 3.8) is 0 Å². The maximum atomic E-state index is 14.0. The molecule has 176 valence electrons. The number of thiophene rings is 1. The molecule has 4 rings (SSSR count). The highest BCUT2D eigenvalue weighted by molar-refractivity contribution is 7.13. The summed E-state index contributed by atoms with van der Waals surface area (Å²) < 4.78 is 31.1. The quantitative estimate of drug-likeness (QED) is 0.302. The van der Waals surface area contributed by atoms with Gasteiger partial charge >= 0.3 is 5.97 Å². The van der Waals surface area contributed by atoms with Crippen LogP contribution in [0.1, 0.15) is 23.9 Å². The largest absolute Gasteiger partial charge is 0.493 e. The van der Waals surface area contributed by atoms with Crippen LogP contribution in [0.25, 0.3) is 10.8 Å². The molecule has 2 aromatic heterocycles. The van der Waals surface area contributed by atoms with Gasteiger partial charge in [0.25, 0.3) is 0 Å². The molecule has 1 N–H and O–H groups in total. The molecular formula is C26H24FNO5S. The minimum absolute atomic E-state index is 0.0561. The third kappa shape index (κ3) is 5.46. The van der Waals surface area contributed by atoms with Crippen molar-refractivity contribution >= 4 is 17.3 Å². The van der Waals surface area contributed by atoms with Crippen molar-refractivity contribution in [2.24, 2.45) is 0 Å². The van der Waals surface area contributed by atoms with E-state index < -0.39 is 17.4 Å². The first kappa shape index (κ1) is 23.5. The molecule has 0 aliphatic carbocycles. The number of carbonyl (C=O) groups is 1. The second-order valence-electron chi connectivity index (χ2n) is 7.99. The summed E-state index contributed by atoms with van der Waals surface area (Å²) in [7, 11) is 0. The highest BCUT2D eigenvalue weighted by atomic mass is 32.1. The molecule has 0 spiro atoms. The molecule has 0 fully saturated rings. The van der Waals surface area contributed by atoms with Crippen LogP contribution in [0.15, 0.2) is 70.5 Å². The zero-order valence-electron chi connectivity index (χ0n) is 18.8. The number of ether oxygens (including phenoxy) is 2. The van der Waals surface area contributed by atoms with Crippen molar-refractivity contribution in [3.05, 3.63) is 88.9 Å². The van der Waals surface area contributed by atoms with Crippen LogP contribution in [-0.4, -0.2) is 28.3 Å². The van der Waals surface area contributed by atoms with Gasteiger partial charge in [0, 0.05) is 12.8 Å². The van der Waals surface area contributed by atoms with Gasteiger partial charge in [0.15, 0.2) is 11.6 Å². The van der Waals surface area contributed by atoms with Gasteiger partial charge in [0.2, 0.25) is 11.5 Å². The number of aryl methyl sites for hydroxylation is 1. The predicted molar refractivity (Wildman–Crippen MR) is 127 cm³/mol. The smallest absolute Gasteiger partial charge is 0.348 e. The first-order valence-electron chi connectivity index (χ1n) is 10.7. The van der Waals surface area contributed by atoms with Crippen LogP contribution in [0, 0.1) is 12.7 Å². The lowest BCUT2D eigenvalue weighted by atomic mass is 9.96. The number of aliphatic carboxylic acids is 1. The van der Waals surface area contributed by atoms with Gasteiger partial charge in [-0.15, -0.1) is 11.3 Å². The van der Waals surface area contributed by atoms with Gasteiger partial charge in [-0.3, -0.25) is 0 Å². The number of benzene rings is 2. The van der Waals surface area contributed by atoms with Crippen LogP contribution >= 0.6 is 11.3 Å². The molecule has 4 aromatic rings. The van der Waals surface area contributed by atoms with E-state index in [0.717, 1.165) is 21.9 Å². The fraction of sp³-hybridized carbons (Fsp3) is 0.231. The number of nitrogens with zero attached hydrogens (tertiary/aromatic N) is 1. The number of aromatic nitrogens is 1. The summed E-state index contributed by atoms with van der Waals surface area (Å²) in [5.41, 5.74) is -0.0564. The molecule has 0 saturated carbocycles. The number of carboxylic acid groups (broad SMARTS) is 1. The lowest BCUT2D eigenvalue weighted by molar-refractivity contribution is -0.153. The molecule has 1 unspecified atom stereocenters. The second-order valence-corrected chi connectivity index (χ2v) is 8.93. The summed E-state index contributed by atoms with van der Waals surface area (Å²) in [6.07, 6.45) is 0.649. The van der Waals surface area contributed by atoms with Crippen molar-refractivity contribution < 1.29 is 28.2 Å². The maximum absolute atomic E-state index is 14.0.